The van der Waals surface area contributed by atoms with E-state index in [1.165, 1.54) is 12.1 Å². The molecule has 1 fully saturated rings. The lowest BCUT2D eigenvalue weighted by molar-refractivity contribution is -0.135. The van der Waals surface area contributed by atoms with Gasteiger partial charge in [-0.15, -0.1) is 0 Å². The molecular weight excluding hydrogens is 297 g/mol. The summed E-state index contributed by atoms with van der Waals surface area (Å²) >= 11 is 0. The number of piperidine rings is 1. The van der Waals surface area contributed by atoms with Crippen LogP contribution in [-0.2, 0) is 11.2 Å². The van der Waals surface area contributed by atoms with Crippen LogP contribution < -0.4 is 4.74 Å². The Balaban J connectivity index is 1.51. The minimum Gasteiger partial charge on any atom is -0.481 e. The number of likely N-dealkylation sites (tertiary alicyclic amines) is 1. The van der Waals surface area contributed by atoms with Crippen LogP contribution >= 0.6 is 0 Å². The summed E-state index contributed by atoms with van der Waals surface area (Å²) in [6.45, 7) is 1.31. The highest BCUT2D eigenvalue weighted by atomic mass is 19.1. The molecule has 2 heterocycles. The quantitative estimate of drug-likeness (QED) is 0.921. The van der Waals surface area contributed by atoms with Gasteiger partial charge >= 0.3 is 0 Å². The van der Waals surface area contributed by atoms with Crippen molar-refractivity contribution in [3.63, 3.8) is 0 Å². The van der Waals surface area contributed by atoms with Crippen LogP contribution in [0.4, 0.5) is 4.39 Å². The third kappa shape index (κ3) is 4.09. The van der Waals surface area contributed by atoms with Gasteiger partial charge in [0, 0.05) is 25.0 Å². The maximum absolute atomic E-state index is 13.5. The first kappa shape index (κ1) is 15.5. The van der Waals surface area contributed by atoms with Gasteiger partial charge in [0.25, 0.3) is 5.91 Å². The SMILES string of the molecule is O=C(COc1ccccc1F)N1CCCC(Cc2ccn[nH]2)C1. The number of nitrogens with zero attached hydrogens (tertiary/aromatic N) is 2. The highest BCUT2D eigenvalue weighted by molar-refractivity contribution is 5.77. The number of amides is 1. The van der Waals surface area contributed by atoms with E-state index in [1.807, 2.05) is 11.0 Å². The van der Waals surface area contributed by atoms with Crippen molar-refractivity contribution in [1.29, 1.82) is 0 Å². The first-order chi connectivity index (χ1) is 11.2. The Kier molecular flexibility index (Phi) is 4.90. The van der Waals surface area contributed by atoms with Crippen LogP contribution in [-0.4, -0.2) is 40.7 Å². The number of hydrogen-bond donors (Lipinski definition) is 1. The van der Waals surface area contributed by atoms with Crippen LogP contribution in [0.5, 0.6) is 5.75 Å². The first-order valence-corrected chi connectivity index (χ1v) is 7.85. The van der Waals surface area contributed by atoms with Crippen molar-refractivity contribution in [3.8, 4) is 5.75 Å². The topological polar surface area (TPSA) is 58.2 Å². The zero-order valence-electron chi connectivity index (χ0n) is 12.9. The Hall–Kier alpha value is -2.37. The number of hydrogen-bond acceptors (Lipinski definition) is 3. The molecule has 5 nitrogen and oxygen atoms in total. The van der Waals surface area contributed by atoms with Gasteiger partial charge in [0.05, 0.1) is 0 Å². The van der Waals surface area contributed by atoms with Crippen molar-refractivity contribution < 1.29 is 13.9 Å². The summed E-state index contributed by atoms with van der Waals surface area (Å²) in [6, 6.07) is 8.09. The van der Waals surface area contributed by atoms with Crippen LogP contribution in [0.25, 0.3) is 0 Å². The van der Waals surface area contributed by atoms with Crippen molar-refractivity contribution in [2.75, 3.05) is 19.7 Å². The largest absolute Gasteiger partial charge is 0.481 e. The second-order valence-corrected chi connectivity index (χ2v) is 5.85. The molecule has 1 atom stereocenters. The summed E-state index contributed by atoms with van der Waals surface area (Å²) in [5, 5.41) is 6.91. The van der Waals surface area contributed by atoms with Crippen LogP contribution in [0.1, 0.15) is 18.5 Å². The molecule has 0 radical (unpaired) electrons. The van der Waals surface area contributed by atoms with Gasteiger partial charge in [-0.05, 0) is 43.4 Å². The number of aromatic nitrogens is 2. The van der Waals surface area contributed by atoms with Crippen molar-refractivity contribution >= 4 is 5.91 Å². The Morgan fingerprint density at radius 2 is 2.26 bits per heavy atom. The highest BCUT2D eigenvalue weighted by Gasteiger charge is 2.24. The summed E-state index contributed by atoms with van der Waals surface area (Å²) in [7, 11) is 0. The zero-order valence-corrected chi connectivity index (χ0v) is 12.9. The smallest absolute Gasteiger partial charge is 0.260 e. The van der Waals surface area contributed by atoms with Gasteiger partial charge in [0.15, 0.2) is 18.2 Å². The summed E-state index contributed by atoms with van der Waals surface area (Å²) < 4.78 is 18.8. The summed E-state index contributed by atoms with van der Waals surface area (Å²) in [5.74, 6) is -0.00731. The van der Waals surface area contributed by atoms with Crippen molar-refractivity contribution in [2.24, 2.45) is 5.92 Å². The second-order valence-electron chi connectivity index (χ2n) is 5.85. The maximum atomic E-state index is 13.5. The number of para-hydroxylation sites is 1. The Morgan fingerprint density at radius 3 is 3.04 bits per heavy atom. The van der Waals surface area contributed by atoms with E-state index < -0.39 is 5.82 Å². The lowest BCUT2D eigenvalue weighted by Gasteiger charge is -2.32. The predicted molar refractivity (Wildman–Crippen MR) is 83.5 cm³/mol. The molecule has 1 N–H and O–H groups in total. The zero-order chi connectivity index (χ0) is 16.1. The van der Waals surface area contributed by atoms with Gasteiger partial charge in [-0.2, -0.15) is 5.10 Å². The summed E-state index contributed by atoms with van der Waals surface area (Å²) in [6.07, 6.45) is 4.70. The standard InChI is InChI=1S/C17H20FN3O2/c18-15-5-1-2-6-16(15)23-12-17(22)21-9-3-4-13(11-21)10-14-7-8-19-20-14/h1-2,5-8,13H,3-4,9-12H2,(H,19,20). The van der Waals surface area contributed by atoms with Crippen LogP contribution in [0.15, 0.2) is 36.5 Å². The van der Waals surface area contributed by atoms with Gasteiger partial charge in [0.1, 0.15) is 0 Å². The number of rotatable bonds is 5. The minimum absolute atomic E-state index is 0.0948. The van der Waals surface area contributed by atoms with E-state index in [0.717, 1.165) is 31.5 Å². The van der Waals surface area contributed by atoms with Crippen molar-refractivity contribution in [3.05, 3.63) is 48.0 Å². The van der Waals surface area contributed by atoms with E-state index in [9.17, 15) is 9.18 Å². The average Bonchev–Trinajstić information content (AvgIpc) is 3.07. The van der Waals surface area contributed by atoms with Gasteiger partial charge < -0.3 is 9.64 Å². The third-order valence-corrected chi connectivity index (χ3v) is 4.13. The molecule has 0 bridgehead atoms. The average molecular weight is 317 g/mol. The fraction of sp³-hybridized carbons (Fsp3) is 0.412. The van der Waals surface area contributed by atoms with E-state index >= 15 is 0 Å². The van der Waals surface area contributed by atoms with Gasteiger partial charge in [-0.25, -0.2) is 4.39 Å². The third-order valence-electron chi connectivity index (χ3n) is 4.13. The molecule has 1 unspecified atom stereocenters. The predicted octanol–water partition coefficient (Wildman–Crippen LogP) is 2.41. The number of H-pyrrole nitrogens is 1. The molecular formula is C17H20FN3O2. The normalized spacial score (nSPS) is 18.0. The van der Waals surface area contributed by atoms with Crippen LogP contribution in [0, 0.1) is 11.7 Å². The highest BCUT2D eigenvalue weighted by Crippen LogP contribution is 2.21. The van der Waals surface area contributed by atoms with E-state index in [-0.39, 0.29) is 18.3 Å². The van der Waals surface area contributed by atoms with Gasteiger partial charge in [0.2, 0.25) is 0 Å². The van der Waals surface area contributed by atoms with E-state index in [4.69, 9.17) is 4.74 Å². The summed E-state index contributed by atoms with van der Waals surface area (Å²) in [5.41, 5.74) is 1.09. The number of aromatic amines is 1. The number of carbonyl (C=O) groups excluding carboxylic acids is 1. The Labute approximate surface area is 134 Å². The molecule has 1 aliphatic rings. The molecule has 3 rings (SSSR count). The van der Waals surface area contributed by atoms with E-state index in [0.29, 0.717) is 12.5 Å². The van der Waals surface area contributed by atoms with Crippen molar-refractivity contribution in [2.45, 2.75) is 19.3 Å². The molecule has 1 aromatic heterocycles. The molecule has 122 valence electrons. The Bertz CT molecular complexity index is 645. The molecule has 0 saturated carbocycles. The number of ether oxygens (including phenoxy) is 1. The molecule has 23 heavy (non-hydrogen) atoms. The maximum Gasteiger partial charge on any atom is 0.260 e. The van der Waals surface area contributed by atoms with Gasteiger partial charge in [-0.1, -0.05) is 12.1 Å². The first-order valence-electron chi connectivity index (χ1n) is 7.85. The van der Waals surface area contributed by atoms with E-state index in [2.05, 4.69) is 10.2 Å². The molecule has 0 spiro atoms. The molecule has 6 heteroatoms. The molecule has 2 aromatic rings. The lowest BCUT2D eigenvalue weighted by atomic mass is 9.93. The Morgan fingerprint density at radius 1 is 1.39 bits per heavy atom. The molecule has 1 saturated heterocycles. The fourth-order valence-corrected chi connectivity index (χ4v) is 2.96. The molecule has 1 aliphatic heterocycles. The molecule has 1 aromatic carbocycles. The van der Waals surface area contributed by atoms with E-state index in [1.54, 1.807) is 18.3 Å². The number of carbonyl (C=O) groups is 1. The summed E-state index contributed by atoms with van der Waals surface area (Å²) in [4.78, 5) is 14.1. The van der Waals surface area contributed by atoms with Crippen molar-refractivity contribution in [1.82, 2.24) is 15.1 Å². The second kappa shape index (κ2) is 7.26. The fourth-order valence-electron chi connectivity index (χ4n) is 2.96. The number of halogens is 1. The molecule has 0 aliphatic carbocycles. The number of nitrogens with one attached hydrogen (secondary N) is 1. The monoisotopic (exact) mass is 317 g/mol. The van der Waals surface area contributed by atoms with Crippen LogP contribution in [0.3, 0.4) is 0 Å². The van der Waals surface area contributed by atoms with Gasteiger partial charge in [-0.3, -0.25) is 9.89 Å². The molecule has 1 amide bonds. The lowest BCUT2D eigenvalue weighted by Crippen LogP contribution is -2.42. The number of benzene rings is 1. The van der Waals surface area contributed by atoms with Crippen LogP contribution in [0.2, 0.25) is 0 Å². The minimum atomic E-state index is -0.448.